The Labute approximate surface area is 141 Å². The van der Waals surface area contributed by atoms with Crippen molar-refractivity contribution in [1.29, 1.82) is 0 Å². The highest BCUT2D eigenvalue weighted by atomic mass is 35.5. The third-order valence-corrected chi connectivity index (χ3v) is 4.09. The summed E-state index contributed by atoms with van der Waals surface area (Å²) in [5.74, 6) is 0.408. The summed E-state index contributed by atoms with van der Waals surface area (Å²) in [6, 6.07) is 5.17. The average Bonchev–Trinajstić information content (AvgIpc) is 2.44. The van der Waals surface area contributed by atoms with Crippen molar-refractivity contribution in [2.75, 3.05) is 0 Å². The summed E-state index contributed by atoms with van der Waals surface area (Å²) in [5.41, 5.74) is 2.90. The minimum absolute atomic E-state index is 0.112. The van der Waals surface area contributed by atoms with Crippen LogP contribution in [-0.2, 0) is 4.79 Å². The Morgan fingerprint density at radius 2 is 1.50 bits per heavy atom. The van der Waals surface area contributed by atoms with Gasteiger partial charge in [-0.1, -0.05) is 50.9 Å². The highest BCUT2D eigenvalue weighted by Gasteiger charge is 2.24. The molecule has 0 saturated heterocycles. The first-order valence-electron chi connectivity index (χ1n) is 7.31. The second kappa shape index (κ2) is 6.80. The van der Waals surface area contributed by atoms with Crippen LogP contribution in [0.4, 0.5) is 5.69 Å². The largest absolute Gasteiger partial charge is 0.289 e. The predicted octanol–water partition coefficient (Wildman–Crippen LogP) is 5.81. The van der Waals surface area contributed by atoms with Crippen LogP contribution in [0.2, 0.25) is 10.0 Å². The number of nitrogens with zero attached hydrogens (tertiary/aromatic N) is 1. The molecule has 22 heavy (non-hydrogen) atoms. The molecule has 0 N–H and O–H groups in total. The fourth-order valence-electron chi connectivity index (χ4n) is 2.29. The lowest BCUT2D eigenvalue weighted by Gasteiger charge is -2.20. The Hall–Kier alpha value is -1.38. The van der Waals surface area contributed by atoms with E-state index in [0.29, 0.717) is 15.7 Å². The van der Waals surface area contributed by atoms with Gasteiger partial charge in [0.1, 0.15) is 0 Å². The van der Waals surface area contributed by atoms with Crippen LogP contribution in [0.1, 0.15) is 27.7 Å². The molecule has 1 aliphatic rings. The lowest BCUT2D eigenvalue weighted by atomic mass is 9.84. The second-order valence-corrected chi connectivity index (χ2v) is 6.81. The van der Waals surface area contributed by atoms with Gasteiger partial charge in [-0.3, -0.25) is 4.79 Å². The SMILES string of the molecule is CC(C)C1=CC(=Nc2cc(Cl)ccc2Cl)C=C(C(C)C)C1=O. The number of carbonyl (C=O) groups is 1. The Bertz CT molecular complexity index is 667. The zero-order valence-corrected chi connectivity index (χ0v) is 14.7. The molecule has 0 unspecified atom stereocenters. The molecule has 0 amide bonds. The molecule has 1 aromatic carbocycles. The number of aliphatic imine (C=N–C) groups is 1. The van der Waals surface area contributed by atoms with E-state index in [1.165, 1.54) is 0 Å². The molecule has 1 aliphatic carbocycles. The van der Waals surface area contributed by atoms with E-state index in [1.807, 2.05) is 39.8 Å². The molecular formula is C18H19Cl2NO. The minimum atomic E-state index is 0.112. The maximum atomic E-state index is 12.5. The van der Waals surface area contributed by atoms with Crippen molar-refractivity contribution in [1.82, 2.24) is 0 Å². The van der Waals surface area contributed by atoms with Crippen LogP contribution >= 0.6 is 23.2 Å². The van der Waals surface area contributed by atoms with Crippen LogP contribution in [-0.4, -0.2) is 11.5 Å². The number of benzene rings is 1. The smallest absolute Gasteiger partial charge is 0.185 e. The van der Waals surface area contributed by atoms with E-state index in [-0.39, 0.29) is 17.6 Å². The standard InChI is InChI=1S/C18H19Cl2NO/c1-10(2)14-8-13(9-15(11(3)4)18(14)22)21-17-7-12(19)5-6-16(17)20/h5-11H,1-4H3. The quantitative estimate of drug-likeness (QED) is 0.640. The van der Waals surface area contributed by atoms with Gasteiger partial charge in [-0.05, 0) is 42.2 Å². The summed E-state index contributed by atoms with van der Waals surface area (Å²) in [4.78, 5) is 17.1. The maximum absolute atomic E-state index is 12.5. The van der Waals surface area contributed by atoms with E-state index in [4.69, 9.17) is 23.2 Å². The van der Waals surface area contributed by atoms with Gasteiger partial charge in [0.05, 0.1) is 16.4 Å². The molecule has 0 spiro atoms. The summed E-state index contributed by atoms with van der Waals surface area (Å²) in [7, 11) is 0. The first-order chi connectivity index (χ1) is 10.3. The molecule has 0 atom stereocenters. The van der Waals surface area contributed by atoms with Crippen molar-refractivity contribution in [2.45, 2.75) is 27.7 Å². The first kappa shape index (κ1) is 17.0. The van der Waals surface area contributed by atoms with E-state index in [1.54, 1.807) is 18.2 Å². The van der Waals surface area contributed by atoms with E-state index in [2.05, 4.69) is 4.99 Å². The molecule has 0 aromatic heterocycles. The molecule has 0 aliphatic heterocycles. The summed E-state index contributed by atoms with van der Waals surface area (Å²) in [5, 5.41) is 1.12. The minimum Gasteiger partial charge on any atom is -0.289 e. The van der Waals surface area contributed by atoms with Gasteiger partial charge in [-0.25, -0.2) is 4.99 Å². The molecular weight excluding hydrogens is 317 g/mol. The first-order valence-corrected chi connectivity index (χ1v) is 8.06. The summed E-state index contributed by atoms with van der Waals surface area (Å²) >= 11 is 12.2. The fourth-order valence-corrected chi connectivity index (χ4v) is 2.62. The van der Waals surface area contributed by atoms with Crippen molar-refractivity contribution >= 4 is 40.4 Å². The topological polar surface area (TPSA) is 29.4 Å². The highest BCUT2D eigenvalue weighted by Crippen LogP contribution is 2.30. The third kappa shape index (κ3) is 3.68. The van der Waals surface area contributed by atoms with Crippen molar-refractivity contribution in [3.05, 3.63) is 51.5 Å². The van der Waals surface area contributed by atoms with Crippen LogP contribution in [0.3, 0.4) is 0 Å². The Morgan fingerprint density at radius 3 is 2.00 bits per heavy atom. The number of allylic oxidation sites excluding steroid dienone is 4. The van der Waals surface area contributed by atoms with Gasteiger partial charge >= 0.3 is 0 Å². The molecule has 2 rings (SSSR count). The lowest BCUT2D eigenvalue weighted by Crippen LogP contribution is -2.20. The second-order valence-electron chi connectivity index (χ2n) is 5.97. The normalized spacial score (nSPS) is 15.3. The Balaban J connectivity index is 2.54. The van der Waals surface area contributed by atoms with Gasteiger partial charge in [0.25, 0.3) is 0 Å². The fraction of sp³-hybridized carbons (Fsp3) is 0.333. The molecule has 0 fully saturated rings. The third-order valence-electron chi connectivity index (χ3n) is 3.53. The van der Waals surface area contributed by atoms with Crippen LogP contribution in [0.5, 0.6) is 0 Å². The van der Waals surface area contributed by atoms with Crippen molar-refractivity contribution in [3.8, 4) is 0 Å². The number of ketones is 1. The van der Waals surface area contributed by atoms with Gasteiger partial charge in [-0.2, -0.15) is 0 Å². The number of hydrogen-bond acceptors (Lipinski definition) is 2. The lowest BCUT2D eigenvalue weighted by molar-refractivity contribution is -0.113. The van der Waals surface area contributed by atoms with Crippen LogP contribution in [0, 0.1) is 11.8 Å². The molecule has 0 saturated carbocycles. The van der Waals surface area contributed by atoms with Crippen LogP contribution in [0.15, 0.2) is 46.5 Å². The van der Waals surface area contributed by atoms with E-state index in [0.717, 1.165) is 16.9 Å². The molecule has 2 nitrogen and oxygen atoms in total. The van der Waals surface area contributed by atoms with Crippen molar-refractivity contribution in [2.24, 2.45) is 16.8 Å². The monoisotopic (exact) mass is 335 g/mol. The van der Waals surface area contributed by atoms with Crippen LogP contribution < -0.4 is 0 Å². The molecule has 0 bridgehead atoms. The number of hydrogen-bond donors (Lipinski definition) is 0. The molecule has 116 valence electrons. The highest BCUT2D eigenvalue weighted by molar-refractivity contribution is 6.35. The van der Waals surface area contributed by atoms with Gasteiger partial charge in [0.15, 0.2) is 5.78 Å². The Morgan fingerprint density at radius 1 is 0.955 bits per heavy atom. The molecule has 1 aromatic rings. The van der Waals surface area contributed by atoms with E-state index >= 15 is 0 Å². The number of Topliss-reactive ketones (excluding diaryl/α,β-unsaturated/α-hetero) is 1. The maximum Gasteiger partial charge on any atom is 0.185 e. The van der Waals surface area contributed by atoms with Gasteiger partial charge in [0.2, 0.25) is 0 Å². The number of rotatable bonds is 3. The van der Waals surface area contributed by atoms with E-state index in [9.17, 15) is 4.79 Å². The Kier molecular flexibility index (Phi) is 5.25. The number of carbonyl (C=O) groups excluding carboxylic acids is 1. The summed E-state index contributed by atoms with van der Waals surface area (Å²) in [6.07, 6.45) is 3.69. The molecule has 0 radical (unpaired) electrons. The number of halogens is 2. The van der Waals surface area contributed by atoms with Gasteiger partial charge < -0.3 is 0 Å². The molecule has 0 heterocycles. The van der Waals surface area contributed by atoms with Crippen molar-refractivity contribution < 1.29 is 4.79 Å². The zero-order chi connectivity index (χ0) is 16.4. The average molecular weight is 336 g/mol. The van der Waals surface area contributed by atoms with Crippen molar-refractivity contribution in [3.63, 3.8) is 0 Å². The van der Waals surface area contributed by atoms with E-state index < -0.39 is 0 Å². The van der Waals surface area contributed by atoms with Crippen LogP contribution in [0.25, 0.3) is 0 Å². The summed E-state index contributed by atoms with van der Waals surface area (Å²) in [6.45, 7) is 8.04. The van der Waals surface area contributed by atoms with Gasteiger partial charge in [0, 0.05) is 16.2 Å². The predicted molar refractivity (Wildman–Crippen MR) is 94.4 cm³/mol. The molecule has 4 heteroatoms. The summed E-state index contributed by atoms with van der Waals surface area (Å²) < 4.78 is 0. The van der Waals surface area contributed by atoms with Gasteiger partial charge in [-0.15, -0.1) is 0 Å². The zero-order valence-electron chi connectivity index (χ0n) is 13.2.